The van der Waals surface area contributed by atoms with Crippen molar-refractivity contribution in [2.75, 3.05) is 13.1 Å². The fourth-order valence-corrected chi connectivity index (χ4v) is 3.48. The molecule has 1 heterocycles. The Morgan fingerprint density at radius 3 is 2.47 bits per heavy atom. The lowest BCUT2D eigenvalue weighted by molar-refractivity contribution is 0.152. The SMILES string of the molecule is CCC1CCN(C(C)C2CCCCC2)C1. The summed E-state index contributed by atoms with van der Waals surface area (Å²) in [7, 11) is 0. The molecule has 0 N–H and O–H groups in total. The average Bonchev–Trinajstić information content (AvgIpc) is 2.78. The topological polar surface area (TPSA) is 3.24 Å². The first-order valence-electron chi connectivity index (χ1n) is 7.05. The van der Waals surface area contributed by atoms with E-state index in [0.29, 0.717) is 0 Å². The van der Waals surface area contributed by atoms with Gasteiger partial charge in [0.1, 0.15) is 0 Å². The molecule has 2 aliphatic rings. The number of likely N-dealkylation sites (tertiary alicyclic amines) is 1. The molecule has 1 saturated carbocycles. The smallest absolute Gasteiger partial charge is 0.00953 e. The summed E-state index contributed by atoms with van der Waals surface area (Å²) in [6.07, 6.45) is 10.3. The standard InChI is InChI=1S/C14H27N/c1-3-13-9-10-15(11-13)12(2)14-7-5-4-6-8-14/h12-14H,3-11H2,1-2H3. The van der Waals surface area contributed by atoms with Gasteiger partial charge < -0.3 is 4.90 Å². The van der Waals surface area contributed by atoms with E-state index in [-0.39, 0.29) is 0 Å². The third-order valence-electron chi connectivity index (χ3n) is 4.80. The van der Waals surface area contributed by atoms with Crippen molar-refractivity contribution >= 4 is 0 Å². The molecule has 2 rings (SSSR count). The van der Waals surface area contributed by atoms with Crippen LogP contribution in [0.2, 0.25) is 0 Å². The molecule has 1 aliphatic carbocycles. The Hall–Kier alpha value is -0.0400. The first-order chi connectivity index (χ1) is 7.31. The summed E-state index contributed by atoms with van der Waals surface area (Å²) in [5.41, 5.74) is 0. The fraction of sp³-hybridized carbons (Fsp3) is 1.00. The van der Waals surface area contributed by atoms with Crippen molar-refractivity contribution in [2.45, 2.75) is 64.8 Å². The van der Waals surface area contributed by atoms with Crippen LogP contribution >= 0.6 is 0 Å². The third kappa shape index (κ3) is 2.75. The molecular weight excluding hydrogens is 182 g/mol. The Morgan fingerprint density at radius 1 is 1.13 bits per heavy atom. The number of hydrogen-bond acceptors (Lipinski definition) is 1. The van der Waals surface area contributed by atoms with Crippen molar-refractivity contribution in [1.29, 1.82) is 0 Å². The van der Waals surface area contributed by atoms with Crippen LogP contribution in [0.4, 0.5) is 0 Å². The molecule has 1 saturated heterocycles. The lowest BCUT2D eigenvalue weighted by Gasteiger charge is -2.34. The Morgan fingerprint density at radius 2 is 1.87 bits per heavy atom. The van der Waals surface area contributed by atoms with Crippen LogP contribution in [0.15, 0.2) is 0 Å². The van der Waals surface area contributed by atoms with Gasteiger partial charge in [-0.05, 0) is 44.6 Å². The van der Waals surface area contributed by atoms with Gasteiger partial charge >= 0.3 is 0 Å². The molecule has 2 unspecified atom stereocenters. The molecule has 0 aromatic carbocycles. The van der Waals surface area contributed by atoms with Gasteiger partial charge in [-0.2, -0.15) is 0 Å². The summed E-state index contributed by atoms with van der Waals surface area (Å²) in [4.78, 5) is 2.77. The second-order valence-corrected chi connectivity index (χ2v) is 5.70. The van der Waals surface area contributed by atoms with Crippen LogP contribution in [0.3, 0.4) is 0 Å². The molecule has 0 aromatic rings. The van der Waals surface area contributed by atoms with Gasteiger partial charge in [-0.25, -0.2) is 0 Å². The predicted molar refractivity (Wildman–Crippen MR) is 66.0 cm³/mol. The largest absolute Gasteiger partial charge is 0.300 e. The van der Waals surface area contributed by atoms with E-state index in [2.05, 4.69) is 18.7 Å². The maximum atomic E-state index is 2.77. The van der Waals surface area contributed by atoms with E-state index in [1.165, 1.54) is 58.0 Å². The minimum absolute atomic E-state index is 0.863. The Labute approximate surface area is 95.2 Å². The van der Waals surface area contributed by atoms with Gasteiger partial charge in [0.2, 0.25) is 0 Å². The molecule has 0 bridgehead atoms. The lowest BCUT2D eigenvalue weighted by atomic mass is 9.84. The molecule has 0 amide bonds. The van der Waals surface area contributed by atoms with Gasteiger partial charge in [-0.1, -0.05) is 32.6 Å². The molecular formula is C14H27N. The molecule has 2 fully saturated rings. The average molecular weight is 209 g/mol. The zero-order chi connectivity index (χ0) is 10.7. The third-order valence-corrected chi connectivity index (χ3v) is 4.80. The van der Waals surface area contributed by atoms with E-state index < -0.39 is 0 Å². The molecule has 0 spiro atoms. The highest BCUT2D eigenvalue weighted by Gasteiger charge is 2.29. The van der Waals surface area contributed by atoms with E-state index in [0.717, 1.165) is 17.9 Å². The minimum atomic E-state index is 0.863. The van der Waals surface area contributed by atoms with Crippen LogP contribution in [0.5, 0.6) is 0 Å². The molecule has 2 atom stereocenters. The summed E-state index contributed by atoms with van der Waals surface area (Å²) in [5.74, 6) is 2.00. The Kier molecular flexibility index (Phi) is 4.07. The van der Waals surface area contributed by atoms with Crippen LogP contribution in [0.25, 0.3) is 0 Å². The van der Waals surface area contributed by atoms with E-state index in [4.69, 9.17) is 0 Å². The van der Waals surface area contributed by atoms with Gasteiger partial charge in [0, 0.05) is 12.6 Å². The van der Waals surface area contributed by atoms with Crippen molar-refractivity contribution in [3.05, 3.63) is 0 Å². The molecule has 1 heteroatoms. The fourth-order valence-electron chi connectivity index (χ4n) is 3.48. The summed E-state index contributed by atoms with van der Waals surface area (Å²) in [6, 6.07) is 0.863. The van der Waals surface area contributed by atoms with Crippen LogP contribution < -0.4 is 0 Å². The highest BCUT2D eigenvalue weighted by molar-refractivity contribution is 4.84. The molecule has 0 radical (unpaired) electrons. The highest BCUT2D eigenvalue weighted by Crippen LogP contribution is 2.31. The van der Waals surface area contributed by atoms with Crippen molar-refractivity contribution in [1.82, 2.24) is 4.90 Å². The Bertz CT molecular complexity index is 184. The van der Waals surface area contributed by atoms with E-state index in [9.17, 15) is 0 Å². The van der Waals surface area contributed by atoms with Gasteiger partial charge in [-0.3, -0.25) is 0 Å². The first kappa shape index (κ1) is 11.4. The number of hydrogen-bond donors (Lipinski definition) is 0. The second-order valence-electron chi connectivity index (χ2n) is 5.70. The maximum absolute atomic E-state index is 2.77. The zero-order valence-electron chi connectivity index (χ0n) is 10.5. The lowest BCUT2D eigenvalue weighted by Crippen LogP contribution is -2.37. The molecule has 0 aromatic heterocycles. The van der Waals surface area contributed by atoms with Crippen LogP contribution in [0, 0.1) is 11.8 Å². The van der Waals surface area contributed by atoms with Gasteiger partial charge in [0.05, 0.1) is 0 Å². The summed E-state index contributed by atoms with van der Waals surface area (Å²) in [6.45, 7) is 7.58. The van der Waals surface area contributed by atoms with Gasteiger partial charge in [0.25, 0.3) is 0 Å². The minimum Gasteiger partial charge on any atom is -0.300 e. The van der Waals surface area contributed by atoms with Crippen LogP contribution in [-0.4, -0.2) is 24.0 Å². The van der Waals surface area contributed by atoms with Crippen molar-refractivity contribution < 1.29 is 0 Å². The normalized spacial score (nSPS) is 32.0. The predicted octanol–water partition coefficient (Wildman–Crippen LogP) is 3.69. The van der Waals surface area contributed by atoms with E-state index >= 15 is 0 Å². The Balaban J connectivity index is 1.82. The zero-order valence-corrected chi connectivity index (χ0v) is 10.5. The molecule has 15 heavy (non-hydrogen) atoms. The summed E-state index contributed by atoms with van der Waals surface area (Å²) >= 11 is 0. The maximum Gasteiger partial charge on any atom is 0.00953 e. The first-order valence-corrected chi connectivity index (χ1v) is 7.05. The van der Waals surface area contributed by atoms with Crippen molar-refractivity contribution in [2.24, 2.45) is 11.8 Å². The quantitative estimate of drug-likeness (QED) is 0.685. The summed E-state index contributed by atoms with van der Waals surface area (Å²) < 4.78 is 0. The van der Waals surface area contributed by atoms with Crippen molar-refractivity contribution in [3.8, 4) is 0 Å². The molecule has 1 nitrogen and oxygen atoms in total. The monoisotopic (exact) mass is 209 g/mol. The van der Waals surface area contributed by atoms with E-state index in [1.54, 1.807) is 0 Å². The van der Waals surface area contributed by atoms with Gasteiger partial charge in [-0.15, -0.1) is 0 Å². The van der Waals surface area contributed by atoms with Crippen molar-refractivity contribution in [3.63, 3.8) is 0 Å². The molecule has 88 valence electrons. The number of nitrogens with zero attached hydrogens (tertiary/aromatic N) is 1. The van der Waals surface area contributed by atoms with Crippen LogP contribution in [-0.2, 0) is 0 Å². The molecule has 1 aliphatic heterocycles. The van der Waals surface area contributed by atoms with E-state index in [1.807, 2.05) is 0 Å². The van der Waals surface area contributed by atoms with Gasteiger partial charge in [0.15, 0.2) is 0 Å². The summed E-state index contributed by atoms with van der Waals surface area (Å²) in [5, 5.41) is 0. The second kappa shape index (κ2) is 5.34. The number of rotatable bonds is 3. The highest BCUT2D eigenvalue weighted by atomic mass is 15.2. The van der Waals surface area contributed by atoms with Crippen LogP contribution in [0.1, 0.15) is 58.8 Å².